The molecule has 16 heavy (non-hydrogen) atoms. The van der Waals surface area contributed by atoms with Gasteiger partial charge in [0.05, 0.1) is 6.61 Å². The Hall–Kier alpha value is -1.46. The number of terminal acetylenes is 1. The minimum Gasteiger partial charge on any atom is -0.493 e. The van der Waals surface area contributed by atoms with Gasteiger partial charge in [0.15, 0.2) is 0 Å². The molecule has 0 aliphatic carbocycles. The second kappa shape index (κ2) is 5.05. The van der Waals surface area contributed by atoms with Crippen LogP contribution in [0.1, 0.15) is 30.0 Å². The highest BCUT2D eigenvalue weighted by molar-refractivity contribution is 5.40. The van der Waals surface area contributed by atoms with E-state index in [1.807, 2.05) is 7.05 Å². The van der Waals surface area contributed by atoms with Crippen LogP contribution in [-0.4, -0.2) is 13.7 Å². The van der Waals surface area contributed by atoms with Gasteiger partial charge in [0, 0.05) is 18.9 Å². The Morgan fingerprint density at radius 2 is 2.44 bits per heavy atom. The number of hydrogen-bond donors (Lipinski definition) is 1. The summed E-state index contributed by atoms with van der Waals surface area (Å²) in [5.74, 6) is 3.73. The number of benzene rings is 1. The predicted octanol–water partition coefficient (Wildman–Crippen LogP) is 2.30. The molecular weight excluding hydrogens is 198 g/mol. The first-order valence-electron chi connectivity index (χ1n) is 5.71. The third-order valence-corrected chi connectivity index (χ3v) is 3.04. The SMILES string of the molecule is C#CCCC(NC)c1ccc2c(c1)CCO2. The van der Waals surface area contributed by atoms with Crippen LogP contribution in [0.15, 0.2) is 18.2 Å². The topological polar surface area (TPSA) is 21.3 Å². The third kappa shape index (κ3) is 2.20. The maximum absolute atomic E-state index is 5.50. The zero-order chi connectivity index (χ0) is 11.4. The van der Waals surface area contributed by atoms with Crippen LogP contribution in [0.25, 0.3) is 0 Å². The zero-order valence-electron chi connectivity index (χ0n) is 9.62. The molecule has 1 aliphatic rings. The molecular formula is C14H17NO. The zero-order valence-corrected chi connectivity index (χ0v) is 9.62. The first kappa shape index (κ1) is 11.0. The molecule has 0 saturated carbocycles. The Balaban J connectivity index is 2.16. The summed E-state index contributed by atoms with van der Waals surface area (Å²) < 4.78 is 5.50. The van der Waals surface area contributed by atoms with Gasteiger partial charge in [0.1, 0.15) is 5.75 Å². The summed E-state index contributed by atoms with van der Waals surface area (Å²) in [4.78, 5) is 0. The average molecular weight is 215 g/mol. The summed E-state index contributed by atoms with van der Waals surface area (Å²) >= 11 is 0. The summed E-state index contributed by atoms with van der Waals surface area (Å²) in [6.45, 7) is 0.813. The summed E-state index contributed by atoms with van der Waals surface area (Å²) in [6, 6.07) is 6.78. The molecule has 0 aromatic heterocycles. The van der Waals surface area contributed by atoms with Gasteiger partial charge in [-0.1, -0.05) is 12.1 Å². The molecule has 2 heteroatoms. The number of nitrogens with one attached hydrogen (secondary N) is 1. The normalized spacial score (nSPS) is 15.0. The van der Waals surface area contributed by atoms with Crippen LogP contribution in [0.2, 0.25) is 0 Å². The monoisotopic (exact) mass is 215 g/mol. The minimum atomic E-state index is 0.349. The number of rotatable bonds is 4. The van der Waals surface area contributed by atoms with Crippen LogP contribution >= 0.6 is 0 Å². The van der Waals surface area contributed by atoms with Crippen molar-refractivity contribution in [2.75, 3.05) is 13.7 Å². The molecule has 2 rings (SSSR count). The molecule has 1 aliphatic heterocycles. The Morgan fingerprint density at radius 3 is 3.19 bits per heavy atom. The van der Waals surface area contributed by atoms with Gasteiger partial charge >= 0.3 is 0 Å². The molecule has 0 amide bonds. The average Bonchev–Trinajstić information content (AvgIpc) is 2.77. The van der Waals surface area contributed by atoms with E-state index in [0.29, 0.717) is 6.04 Å². The van der Waals surface area contributed by atoms with Crippen molar-refractivity contribution in [2.45, 2.75) is 25.3 Å². The maximum atomic E-state index is 5.50. The lowest BCUT2D eigenvalue weighted by Crippen LogP contribution is -2.16. The van der Waals surface area contributed by atoms with E-state index in [1.54, 1.807) is 0 Å². The van der Waals surface area contributed by atoms with Gasteiger partial charge in [0.25, 0.3) is 0 Å². The Bertz CT molecular complexity index is 406. The van der Waals surface area contributed by atoms with Crippen LogP contribution in [0.3, 0.4) is 0 Å². The summed E-state index contributed by atoms with van der Waals surface area (Å²) in [5, 5.41) is 3.31. The predicted molar refractivity (Wildman–Crippen MR) is 65.5 cm³/mol. The van der Waals surface area contributed by atoms with E-state index in [4.69, 9.17) is 11.2 Å². The summed E-state index contributed by atoms with van der Waals surface area (Å²) in [6.07, 6.45) is 8.11. The van der Waals surface area contributed by atoms with E-state index >= 15 is 0 Å². The van der Waals surface area contributed by atoms with Crippen LogP contribution in [-0.2, 0) is 6.42 Å². The highest BCUT2D eigenvalue weighted by atomic mass is 16.5. The second-order valence-corrected chi connectivity index (χ2v) is 4.05. The highest BCUT2D eigenvalue weighted by Gasteiger charge is 2.15. The van der Waals surface area contributed by atoms with Crippen molar-refractivity contribution in [1.29, 1.82) is 0 Å². The molecule has 1 heterocycles. The Kier molecular flexibility index (Phi) is 3.48. The van der Waals surface area contributed by atoms with Crippen molar-refractivity contribution in [2.24, 2.45) is 0 Å². The van der Waals surface area contributed by atoms with E-state index in [9.17, 15) is 0 Å². The van der Waals surface area contributed by atoms with Crippen molar-refractivity contribution >= 4 is 0 Å². The standard InChI is InChI=1S/C14H17NO/c1-3-4-5-13(15-2)11-6-7-14-12(10-11)8-9-16-14/h1,6-7,10,13,15H,4-5,8-9H2,2H3. The van der Waals surface area contributed by atoms with Crippen molar-refractivity contribution in [1.82, 2.24) is 5.32 Å². The van der Waals surface area contributed by atoms with Crippen LogP contribution < -0.4 is 10.1 Å². The van der Waals surface area contributed by atoms with Gasteiger partial charge in [-0.05, 0) is 30.7 Å². The lowest BCUT2D eigenvalue weighted by molar-refractivity contribution is 0.356. The van der Waals surface area contributed by atoms with Crippen molar-refractivity contribution in [3.05, 3.63) is 29.3 Å². The Morgan fingerprint density at radius 1 is 1.56 bits per heavy atom. The molecule has 2 nitrogen and oxygen atoms in total. The lowest BCUT2D eigenvalue weighted by Gasteiger charge is -2.16. The van der Waals surface area contributed by atoms with Gasteiger partial charge in [0.2, 0.25) is 0 Å². The summed E-state index contributed by atoms with van der Waals surface area (Å²) in [7, 11) is 1.98. The molecule has 1 unspecified atom stereocenters. The highest BCUT2D eigenvalue weighted by Crippen LogP contribution is 2.29. The van der Waals surface area contributed by atoms with Gasteiger partial charge < -0.3 is 10.1 Å². The first-order chi connectivity index (χ1) is 7.85. The summed E-state index contributed by atoms with van der Waals surface area (Å²) in [5.41, 5.74) is 2.63. The van der Waals surface area contributed by atoms with Crippen molar-refractivity contribution < 1.29 is 4.74 Å². The number of hydrogen-bond acceptors (Lipinski definition) is 2. The van der Waals surface area contributed by atoms with Crippen LogP contribution in [0.5, 0.6) is 5.75 Å². The van der Waals surface area contributed by atoms with Gasteiger partial charge in [-0.2, -0.15) is 0 Å². The fourth-order valence-corrected chi connectivity index (χ4v) is 2.13. The van der Waals surface area contributed by atoms with Crippen molar-refractivity contribution in [3.8, 4) is 18.1 Å². The minimum absolute atomic E-state index is 0.349. The molecule has 0 spiro atoms. The van der Waals surface area contributed by atoms with Crippen LogP contribution in [0.4, 0.5) is 0 Å². The van der Waals surface area contributed by atoms with E-state index in [1.165, 1.54) is 11.1 Å². The maximum Gasteiger partial charge on any atom is 0.122 e. The lowest BCUT2D eigenvalue weighted by atomic mass is 9.99. The van der Waals surface area contributed by atoms with Crippen molar-refractivity contribution in [3.63, 3.8) is 0 Å². The van der Waals surface area contributed by atoms with Gasteiger partial charge in [-0.15, -0.1) is 12.3 Å². The van der Waals surface area contributed by atoms with Gasteiger partial charge in [-0.3, -0.25) is 0 Å². The molecule has 1 aromatic carbocycles. The molecule has 1 atom stereocenters. The van der Waals surface area contributed by atoms with E-state index < -0.39 is 0 Å². The van der Waals surface area contributed by atoms with E-state index in [-0.39, 0.29) is 0 Å². The number of ether oxygens (including phenoxy) is 1. The second-order valence-electron chi connectivity index (χ2n) is 4.05. The first-order valence-corrected chi connectivity index (χ1v) is 5.71. The fraction of sp³-hybridized carbons (Fsp3) is 0.429. The van der Waals surface area contributed by atoms with E-state index in [2.05, 4.69) is 29.4 Å². The quantitative estimate of drug-likeness (QED) is 0.778. The molecule has 0 radical (unpaired) electrons. The molecule has 0 bridgehead atoms. The largest absolute Gasteiger partial charge is 0.493 e. The third-order valence-electron chi connectivity index (χ3n) is 3.04. The number of fused-ring (bicyclic) bond motifs is 1. The van der Waals surface area contributed by atoms with E-state index in [0.717, 1.165) is 31.6 Å². The van der Waals surface area contributed by atoms with Gasteiger partial charge in [-0.25, -0.2) is 0 Å². The fourth-order valence-electron chi connectivity index (χ4n) is 2.13. The molecule has 1 aromatic rings. The molecule has 0 saturated heterocycles. The molecule has 1 N–H and O–H groups in total. The molecule has 0 fully saturated rings. The van der Waals surface area contributed by atoms with Crippen LogP contribution in [0, 0.1) is 12.3 Å². The molecule has 84 valence electrons. The Labute approximate surface area is 97.0 Å². The smallest absolute Gasteiger partial charge is 0.122 e.